The number of carbonyl (C=O) groups is 1. The van der Waals surface area contributed by atoms with Crippen LogP contribution in [0.2, 0.25) is 0 Å². The van der Waals surface area contributed by atoms with Crippen molar-refractivity contribution in [2.24, 2.45) is 5.16 Å². The monoisotopic (exact) mass is 222 g/mol. The van der Waals surface area contributed by atoms with Gasteiger partial charge in [0.05, 0.1) is 5.71 Å². The molecule has 1 rings (SSSR count). The van der Waals surface area contributed by atoms with E-state index in [4.69, 9.17) is 0 Å². The van der Waals surface area contributed by atoms with Gasteiger partial charge >= 0.3 is 5.97 Å². The SMILES string of the molecule is CCC(CC)=NOC(=O)c1ncccc1O. The summed E-state index contributed by atoms with van der Waals surface area (Å²) in [6.45, 7) is 3.85. The number of nitrogens with zero attached hydrogens (tertiary/aromatic N) is 2. The highest BCUT2D eigenvalue weighted by molar-refractivity contribution is 5.91. The second-order valence-corrected chi connectivity index (χ2v) is 3.11. The quantitative estimate of drug-likeness (QED) is 0.481. The van der Waals surface area contributed by atoms with Gasteiger partial charge in [0.25, 0.3) is 0 Å². The molecule has 1 aromatic heterocycles. The van der Waals surface area contributed by atoms with Gasteiger partial charge in [0.2, 0.25) is 0 Å². The van der Waals surface area contributed by atoms with Crippen molar-refractivity contribution in [2.45, 2.75) is 26.7 Å². The van der Waals surface area contributed by atoms with Gasteiger partial charge in [0.1, 0.15) is 5.75 Å². The number of oxime groups is 1. The molecule has 0 saturated heterocycles. The zero-order chi connectivity index (χ0) is 12.0. The first-order valence-corrected chi connectivity index (χ1v) is 5.10. The first kappa shape index (κ1) is 12.2. The third-order valence-corrected chi connectivity index (χ3v) is 2.05. The van der Waals surface area contributed by atoms with Crippen LogP contribution in [0.1, 0.15) is 37.2 Å². The van der Waals surface area contributed by atoms with Gasteiger partial charge < -0.3 is 9.94 Å². The van der Waals surface area contributed by atoms with E-state index in [9.17, 15) is 9.90 Å². The topological polar surface area (TPSA) is 71.8 Å². The molecule has 5 nitrogen and oxygen atoms in total. The number of rotatable bonds is 4. The minimum Gasteiger partial charge on any atom is -0.505 e. The predicted octanol–water partition coefficient (Wildman–Crippen LogP) is 2.12. The Bertz CT molecular complexity index is 396. The Kier molecular flexibility index (Phi) is 4.44. The maximum absolute atomic E-state index is 11.5. The van der Waals surface area contributed by atoms with Crippen LogP contribution in [0, 0.1) is 0 Å². The molecular formula is C11H14N2O3. The Labute approximate surface area is 93.8 Å². The van der Waals surface area contributed by atoms with Crippen molar-refractivity contribution in [3.8, 4) is 5.75 Å². The summed E-state index contributed by atoms with van der Waals surface area (Å²) in [5, 5.41) is 13.0. The molecule has 5 heteroatoms. The van der Waals surface area contributed by atoms with E-state index >= 15 is 0 Å². The molecule has 0 aliphatic rings. The Morgan fingerprint density at radius 1 is 1.50 bits per heavy atom. The minimum atomic E-state index is -0.752. The lowest BCUT2D eigenvalue weighted by atomic mass is 10.2. The van der Waals surface area contributed by atoms with Crippen molar-refractivity contribution < 1.29 is 14.7 Å². The number of aromatic nitrogens is 1. The molecule has 0 unspecified atom stereocenters. The molecule has 0 amide bonds. The van der Waals surface area contributed by atoms with E-state index in [1.165, 1.54) is 18.3 Å². The highest BCUT2D eigenvalue weighted by Gasteiger charge is 2.13. The maximum atomic E-state index is 11.5. The molecule has 0 aromatic carbocycles. The largest absolute Gasteiger partial charge is 0.505 e. The third kappa shape index (κ3) is 3.05. The molecule has 16 heavy (non-hydrogen) atoms. The molecule has 0 aliphatic carbocycles. The molecular weight excluding hydrogens is 208 g/mol. The van der Waals surface area contributed by atoms with E-state index in [1.54, 1.807) is 0 Å². The van der Waals surface area contributed by atoms with Crippen molar-refractivity contribution in [1.29, 1.82) is 0 Å². The van der Waals surface area contributed by atoms with Crippen LogP contribution >= 0.6 is 0 Å². The first-order valence-electron chi connectivity index (χ1n) is 5.10. The fourth-order valence-electron chi connectivity index (χ4n) is 1.08. The van der Waals surface area contributed by atoms with Gasteiger partial charge in [-0.1, -0.05) is 19.0 Å². The summed E-state index contributed by atoms with van der Waals surface area (Å²) in [5.74, 6) is -0.963. The molecule has 0 saturated carbocycles. The molecule has 0 aliphatic heterocycles. The average Bonchev–Trinajstić information content (AvgIpc) is 2.30. The maximum Gasteiger partial charge on any atom is 0.387 e. The lowest BCUT2D eigenvalue weighted by molar-refractivity contribution is 0.0504. The summed E-state index contributed by atoms with van der Waals surface area (Å²) in [7, 11) is 0. The van der Waals surface area contributed by atoms with Crippen molar-refractivity contribution in [3.63, 3.8) is 0 Å². The molecule has 0 bridgehead atoms. The Hall–Kier alpha value is -1.91. The molecule has 86 valence electrons. The molecule has 1 heterocycles. The van der Waals surface area contributed by atoms with Crippen LogP contribution in [0.25, 0.3) is 0 Å². The van der Waals surface area contributed by atoms with E-state index < -0.39 is 5.97 Å². The second-order valence-electron chi connectivity index (χ2n) is 3.11. The fraction of sp³-hybridized carbons (Fsp3) is 0.364. The first-order chi connectivity index (χ1) is 7.69. The van der Waals surface area contributed by atoms with Gasteiger partial charge in [-0.3, -0.25) is 0 Å². The summed E-state index contributed by atoms with van der Waals surface area (Å²) in [6, 6.07) is 2.90. The van der Waals surface area contributed by atoms with E-state index in [0.717, 1.165) is 18.6 Å². The fourth-order valence-corrected chi connectivity index (χ4v) is 1.08. The normalized spacial score (nSPS) is 9.62. The van der Waals surface area contributed by atoms with Crippen molar-refractivity contribution in [2.75, 3.05) is 0 Å². The molecule has 0 radical (unpaired) electrons. The lowest BCUT2D eigenvalue weighted by Gasteiger charge is -2.01. The zero-order valence-electron chi connectivity index (χ0n) is 9.30. The Balaban J connectivity index is 2.74. The molecule has 1 aromatic rings. The summed E-state index contributed by atoms with van der Waals surface area (Å²) in [4.78, 5) is 19.8. The van der Waals surface area contributed by atoms with E-state index in [-0.39, 0.29) is 11.4 Å². The molecule has 0 atom stereocenters. The van der Waals surface area contributed by atoms with Crippen LogP contribution in [0.3, 0.4) is 0 Å². The van der Waals surface area contributed by atoms with Crippen LogP contribution in [-0.4, -0.2) is 21.8 Å². The molecule has 1 N–H and O–H groups in total. The lowest BCUT2D eigenvalue weighted by Crippen LogP contribution is -2.06. The number of pyridine rings is 1. The average molecular weight is 222 g/mol. The van der Waals surface area contributed by atoms with Crippen LogP contribution in [0.4, 0.5) is 0 Å². The number of hydrogen-bond acceptors (Lipinski definition) is 5. The van der Waals surface area contributed by atoms with Crippen molar-refractivity contribution >= 4 is 11.7 Å². The van der Waals surface area contributed by atoms with Crippen molar-refractivity contribution in [3.05, 3.63) is 24.0 Å². The number of aromatic hydroxyl groups is 1. The highest BCUT2D eigenvalue weighted by atomic mass is 16.7. The van der Waals surface area contributed by atoms with Crippen LogP contribution in [0.5, 0.6) is 5.75 Å². The third-order valence-electron chi connectivity index (χ3n) is 2.05. The van der Waals surface area contributed by atoms with Gasteiger partial charge in [0.15, 0.2) is 5.69 Å². The van der Waals surface area contributed by atoms with Crippen LogP contribution < -0.4 is 0 Å². The summed E-state index contributed by atoms with van der Waals surface area (Å²) >= 11 is 0. The van der Waals surface area contributed by atoms with Crippen molar-refractivity contribution in [1.82, 2.24) is 4.98 Å². The second kappa shape index (κ2) is 5.85. The molecule has 0 fully saturated rings. The predicted molar refractivity (Wildman–Crippen MR) is 59.3 cm³/mol. The minimum absolute atomic E-state index is 0.127. The standard InChI is InChI=1S/C11H14N2O3/c1-3-8(4-2)13-16-11(15)10-9(14)6-5-7-12-10/h5-7,14H,3-4H2,1-2H3. The summed E-state index contributed by atoms with van der Waals surface area (Å²) in [6.07, 6.45) is 2.84. The number of hydrogen-bond donors (Lipinski definition) is 1. The summed E-state index contributed by atoms with van der Waals surface area (Å²) < 4.78 is 0. The van der Waals surface area contributed by atoms with Gasteiger partial charge in [-0.25, -0.2) is 9.78 Å². The van der Waals surface area contributed by atoms with E-state index in [0.29, 0.717) is 0 Å². The Morgan fingerprint density at radius 3 is 2.75 bits per heavy atom. The smallest absolute Gasteiger partial charge is 0.387 e. The van der Waals surface area contributed by atoms with Crippen LogP contribution in [0.15, 0.2) is 23.5 Å². The zero-order valence-corrected chi connectivity index (χ0v) is 9.30. The van der Waals surface area contributed by atoms with Gasteiger partial charge in [-0.15, -0.1) is 0 Å². The number of carbonyl (C=O) groups excluding carboxylic acids is 1. The van der Waals surface area contributed by atoms with Gasteiger partial charge in [-0.2, -0.15) is 0 Å². The van der Waals surface area contributed by atoms with Gasteiger partial charge in [0, 0.05) is 6.20 Å². The van der Waals surface area contributed by atoms with Crippen LogP contribution in [-0.2, 0) is 4.84 Å². The van der Waals surface area contributed by atoms with Gasteiger partial charge in [-0.05, 0) is 25.0 Å². The Morgan fingerprint density at radius 2 is 2.19 bits per heavy atom. The highest BCUT2D eigenvalue weighted by Crippen LogP contribution is 2.13. The van der Waals surface area contributed by atoms with E-state index in [1.807, 2.05) is 13.8 Å². The summed E-state index contributed by atoms with van der Waals surface area (Å²) in [5.41, 5.74) is 0.654. The van der Waals surface area contributed by atoms with E-state index in [2.05, 4.69) is 15.0 Å². The molecule has 0 spiro atoms.